The van der Waals surface area contributed by atoms with E-state index in [9.17, 15) is 9.59 Å². The average molecular weight is 536 g/mol. The molecule has 0 aromatic heterocycles. The third-order valence-electron chi connectivity index (χ3n) is 8.86. The number of carbonyl (C=O) groups is 2. The van der Waals surface area contributed by atoms with E-state index in [0.29, 0.717) is 5.92 Å². The lowest BCUT2D eigenvalue weighted by Gasteiger charge is -2.42. The second-order valence-corrected chi connectivity index (χ2v) is 11.2. The summed E-state index contributed by atoms with van der Waals surface area (Å²) in [6.45, 7) is 0.738. The highest BCUT2D eigenvalue weighted by Crippen LogP contribution is 2.51. The molecule has 0 bridgehead atoms. The van der Waals surface area contributed by atoms with E-state index in [4.69, 9.17) is 4.74 Å². The van der Waals surface area contributed by atoms with Crippen LogP contribution in [0.15, 0.2) is 84.9 Å². The quantitative estimate of drug-likeness (QED) is 0.372. The number of benzene rings is 3. The largest absolute Gasteiger partial charge is 0.497 e. The number of hydrogen-bond donors (Lipinski definition) is 2. The van der Waals surface area contributed by atoms with Crippen LogP contribution >= 0.6 is 0 Å². The highest BCUT2D eigenvalue weighted by atomic mass is 16.5. The Morgan fingerprint density at radius 3 is 2.48 bits per heavy atom. The van der Waals surface area contributed by atoms with E-state index in [-0.39, 0.29) is 35.9 Å². The van der Waals surface area contributed by atoms with Crippen molar-refractivity contribution in [2.75, 3.05) is 19.0 Å². The lowest BCUT2D eigenvalue weighted by Crippen LogP contribution is -2.49. The molecule has 1 aliphatic carbocycles. The van der Waals surface area contributed by atoms with Gasteiger partial charge in [-0.15, -0.1) is 0 Å². The van der Waals surface area contributed by atoms with Crippen molar-refractivity contribution < 1.29 is 14.3 Å². The number of methoxy groups -OCH3 is 1. The minimum absolute atomic E-state index is 0.0309. The lowest BCUT2D eigenvalue weighted by atomic mass is 9.79. The Morgan fingerprint density at radius 1 is 0.925 bits per heavy atom. The molecule has 3 aliphatic rings. The van der Waals surface area contributed by atoms with E-state index < -0.39 is 0 Å². The van der Waals surface area contributed by atoms with E-state index >= 15 is 0 Å². The first-order chi connectivity index (χ1) is 19.6. The predicted octanol–water partition coefficient (Wildman–Crippen LogP) is 6.14. The molecule has 40 heavy (non-hydrogen) atoms. The summed E-state index contributed by atoms with van der Waals surface area (Å²) >= 11 is 0. The topological polar surface area (TPSA) is 70.7 Å². The fraction of sp³-hybridized carbons (Fsp3) is 0.353. The van der Waals surface area contributed by atoms with Gasteiger partial charge in [0.1, 0.15) is 5.75 Å². The molecule has 3 aromatic rings. The van der Waals surface area contributed by atoms with Gasteiger partial charge >= 0.3 is 0 Å². The van der Waals surface area contributed by atoms with Gasteiger partial charge < -0.3 is 20.3 Å². The van der Waals surface area contributed by atoms with Crippen LogP contribution in [0.3, 0.4) is 0 Å². The molecule has 6 heteroatoms. The maximum absolute atomic E-state index is 14.3. The van der Waals surface area contributed by atoms with Gasteiger partial charge in [0.25, 0.3) is 0 Å². The molecule has 206 valence electrons. The zero-order valence-electron chi connectivity index (χ0n) is 23.0. The van der Waals surface area contributed by atoms with E-state index in [1.807, 2.05) is 30.3 Å². The van der Waals surface area contributed by atoms with Crippen molar-refractivity contribution in [1.82, 2.24) is 10.2 Å². The number of fused-ring (bicyclic) bond motifs is 3. The fourth-order valence-corrected chi connectivity index (χ4v) is 6.89. The number of nitrogens with zero attached hydrogens (tertiary/aromatic N) is 1. The predicted molar refractivity (Wildman–Crippen MR) is 158 cm³/mol. The van der Waals surface area contributed by atoms with Gasteiger partial charge in [0.05, 0.1) is 25.1 Å². The number of carbonyl (C=O) groups excluding carboxylic acids is 2. The zero-order chi connectivity index (χ0) is 27.5. The van der Waals surface area contributed by atoms with Crippen LogP contribution in [0, 0.1) is 11.8 Å². The number of likely N-dealkylation sites (tertiary alicyclic amines) is 1. The van der Waals surface area contributed by atoms with Crippen LogP contribution in [0.5, 0.6) is 5.75 Å². The molecular formula is C34H37N3O3. The summed E-state index contributed by atoms with van der Waals surface area (Å²) in [6.07, 6.45) is 7.98. The van der Waals surface area contributed by atoms with Crippen molar-refractivity contribution >= 4 is 23.6 Å². The Hall–Kier alpha value is -4.06. The smallest absolute Gasteiger partial charge is 0.244 e. The lowest BCUT2D eigenvalue weighted by molar-refractivity contribution is -0.139. The molecule has 5 atom stereocenters. The molecular weight excluding hydrogens is 498 g/mol. The van der Waals surface area contributed by atoms with Crippen LogP contribution in [0.4, 0.5) is 5.69 Å². The number of amides is 2. The molecule has 6 nitrogen and oxygen atoms in total. The number of para-hydroxylation sites is 1. The summed E-state index contributed by atoms with van der Waals surface area (Å²) in [5, 5.41) is 6.96. The summed E-state index contributed by atoms with van der Waals surface area (Å²) in [5.74, 6) is 0.894. The minimum atomic E-state index is -0.206. The average Bonchev–Trinajstić information content (AvgIpc) is 3.46. The Kier molecular flexibility index (Phi) is 7.58. The molecule has 0 radical (unpaired) electrons. The normalized spacial score (nSPS) is 25.5. The summed E-state index contributed by atoms with van der Waals surface area (Å²) in [5.41, 5.74) is 4.49. The third kappa shape index (κ3) is 5.23. The number of nitrogens with one attached hydrogen (secondary N) is 2. The summed E-state index contributed by atoms with van der Waals surface area (Å²) in [7, 11) is 1.63. The van der Waals surface area contributed by atoms with Gasteiger partial charge in [0.15, 0.2) is 0 Å². The standard InChI is InChI=1S/C34H37N3O3/c1-40-25-18-15-23(16-19-25)17-20-31(38)35-30-14-8-6-12-27(30)34(39)37-22-21-28-32(24-9-3-2-4-10-24)36-29-13-7-5-11-26(29)33(28)37/h2-5,7,9-11,13,15-20,27-28,30,32-33,36H,6,8,12,14,21-22H2,1H3,(H,35,38)/t27-,28+,30?,32-,33-/m0/s1. The molecule has 2 fully saturated rings. The highest BCUT2D eigenvalue weighted by molar-refractivity contribution is 5.92. The highest BCUT2D eigenvalue weighted by Gasteiger charge is 2.48. The first kappa shape index (κ1) is 26.2. The third-order valence-corrected chi connectivity index (χ3v) is 8.86. The summed E-state index contributed by atoms with van der Waals surface area (Å²) < 4.78 is 5.21. The van der Waals surface area contributed by atoms with Gasteiger partial charge in [-0.3, -0.25) is 9.59 Å². The molecule has 2 heterocycles. The van der Waals surface area contributed by atoms with Crippen molar-refractivity contribution in [3.05, 3.63) is 102 Å². The Labute approximate surface area is 236 Å². The van der Waals surface area contributed by atoms with Crippen molar-refractivity contribution in [3.8, 4) is 5.75 Å². The van der Waals surface area contributed by atoms with Gasteiger partial charge in [-0.1, -0.05) is 73.5 Å². The minimum Gasteiger partial charge on any atom is -0.497 e. The van der Waals surface area contributed by atoms with Crippen LogP contribution in [-0.2, 0) is 9.59 Å². The first-order valence-corrected chi connectivity index (χ1v) is 14.5. The number of ether oxygens (including phenoxy) is 1. The van der Waals surface area contributed by atoms with Crippen LogP contribution in [0.25, 0.3) is 6.08 Å². The maximum atomic E-state index is 14.3. The molecule has 2 aliphatic heterocycles. The second-order valence-electron chi connectivity index (χ2n) is 11.2. The fourth-order valence-electron chi connectivity index (χ4n) is 6.89. The first-order valence-electron chi connectivity index (χ1n) is 14.5. The molecule has 6 rings (SSSR count). The van der Waals surface area contributed by atoms with Crippen molar-refractivity contribution in [2.24, 2.45) is 11.8 Å². The van der Waals surface area contributed by atoms with E-state index in [2.05, 4.69) is 64.1 Å². The van der Waals surface area contributed by atoms with E-state index in [0.717, 1.165) is 55.6 Å². The van der Waals surface area contributed by atoms with Crippen LogP contribution < -0.4 is 15.4 Å². The van der Waals surface area contributed by atoms with Gasteiger partial charge in [-0.05, 0) is 60.2 Å². The summed E-state index contributed by atoms with van der Waals surface area (Å²) in [6, 6.07) is 26.6. The molecule has 2 amide bonds. The van der Waals surface area contributed by atoms with E-state index in [1.165, 1.54) is 11.1 Å². The van der Waals surface area contributed by atoms with Crippen molar-refractivity contribution in [1.29, 1.82) is 0 Å². The van der Waals surface area contributed by atoms with E-state index in [1.54, 1.807) is 19.3 Å². The van der Waals surface area contributed by atoms with Gasteiger partial charge in [0, 0.05) is 30.3 Å². The maximum Gasteiger partial charge on any atom is 0.244 e. The van der Waals surface area contributed by atoms with Crippen LogP contribution in [-0.4, -0.2) is 36.4 Å². The molecule has 2 N–H and O–H groups in total. The monoisotopic (exact) mass is 535 g/mol. The number of anilines is 1. The Bertz CT molecular complexity index is 1370. The van der Waals surface area contributed by atoms with Gasteiger partial charge in [0.2, 0.25) is 11.8 Å². The Balaban J connectivity index is 1.20. The molecule has 3 aromatic carbocycles. The summed E-state index contributed by atoms with van der Waals surface area (Å²) in [4.78, 5) is 29.3. The molecule has 0 spiro atoms. The van der Waals surface area contributed by atoms with Crippen LogP contribution in [0.2, 0.25) is 0 Å². The van der Waals surface area contributed by atoms with Crippen molar-refractivity contribution in [3.63, 3.8) is 0 Å². The molecule has 1 unspecified atom stereocenters. The zero-order valence-corrected chi connectivity index (χ0v) is 23.0. The molecule has 1 saturated carbocycles. The van der Waals surface area contributed by atoms with Crippen molar-refractivity contribution in [2.45, 2.75) is 50.2 Å². The van der Waals surface area contributed by atoms with Crippen LogP contribution in [0.1, 0.15) is 60.9 Å². The molecule has 1 saturated heterocycles. The number of hydrogen-bond acceptors (Lipinski definition) is 4. The Morgan fingerprint density at radius 2 is 1.68 bits per heavy atom. The van der Waals surface area contributed by atoms with Gasteiger partial charge in [-0.2, -0.15) is 0 Å². The number of rotatable bonds is 6. The van der Waals surface area contributed by atoms with Gasteiger partial charge in [-0.25, -0.2) is 0 Å². The SMILES string of the molecule is COc1ccc(C=CC(=O)NC2CCCC[C@@H]2C(=O)N2CC[C@@H]3[C@H](c4ccccc4)Nc4ccccc4[C@@H]32)cc1. The second kappa shape index (κ2) is 11.6.